The number of esters is 1. The summed E-state index contributed by atoms with van der Waals surface area (Å²) in [6.45, 7) is 5.95. The van der Waals surface area contributed by atoms with Gasteiger partial charge in [-0.1, -0.05) is 13.8 Å². The Morgan fingerprint density at radius 1 is 1.22 bits per heavy atom. The third-order valence-electron chi connectivity index (χ3n) is 4.62. The summed E-state index contributed by atoms with van der Waals surface area (Å²) < 4.78 is 10.5. The lowest BCUT2D eigenvalue weighted by Crippen LogP contribution is -2.27. The van der Waals surface area contributed by atoms with Crippen LogP contribution in [-0.4, -0.2) is 29.4 Å². The van der Waals surface area contributed by atoms with E-state index in [0.29, 0.717) is 22.7 Å². The van der Waals surface area contributed by atoms with Crippen molar-refractivity contribution in [3.8, 4) is 11.5 Å². The van der Waals surface area contributed by atoms with Gasteiger partial charge in [0.2, 0.25) is 5.89 Å². The van der Waals surface area contributed by atoms with Crippen molar-refractivity contribution in [1.82, 2.24) is 4.98 Å². The molecule has 6 heteroatoms. The number of carbonyl (C=O) groups excluding carboxylic acids is 1. The highest BCUT2D eigenvalue weighted by Gasteiger charge is 2.20. The Morgan fingerprint density at radius 2 is 1.85 bits per heavy atom. The topological polar surface area (TPSA) is 78.3 Å². The molecule has 0 aliphatic heterocycles. The Morgan fingerprint density at radius 3 is 2.44 bits per heavy atom. The van der Waals surface area contributed by atoms with Gasteiger partial charge >= 0.3 is 5.97 Å². The fourth-order valence-electron chi connectivity index (χ4n) is 3.00. The van der Waals surface area contributed by atoms with Crippen molar-refractivity contribution in [1.29, 1.82) is 0 Å². The van der Waals surface area contributed by atoms with Crippen LogP contribution >= 0.6 is 11.8 Å². The Kier molecular flexibility index (Phi) is 8.38. The summed E-state index contributed by atoms with van der Waals surface area (Å²) in [7, 11) is 1.37. The molecule has 0 saturated heterocycles. The Balaban J connectivity index is 0.00000126. The maximum atomic E-state index is 11.5. The summed E-state index contributed by atoms with van der Waals surface area (Å²) in [6.07, 6.45) is 4.61. The standard InChI is InChI=1S/C19H24N2O3S.C2H6/c1-12-17(11-25-16-9-7-15(20)8-10-16)21-18(24-12)13-3-5-14(6-4-13)19(22)23-2;1-2/h3-6,15-16H,7-11,20H2,1-2H3;1-2H3. The molecule has 0 bridgehead atoms. The van der Waals surface area contributed by atoms with Gasteiger partial charge in [0.05, 0.1) is 18.4 Å². The molecule has 0 spiro atoms. The zero-order valence-electron chi connectivity index (χ0n) is 16.7. The first-order valence-electron chi connectivity index (χ1n) is 9.59. The van der Waals surface area contributed by atoms with Gasteiger partial charge in [-0.2, -0.15) is 11.8 Å². The normalized spacial score (nSPS) is 19.1. The maximum absolute atomic E-state index is 11.5. The molecule has 3 rings (SSSR count). The average Bonchev–Trinajstić information content (AvgIpc) is 3.09. The highest BCUT2D eigenvalue weighted by Crippen LogP contribution is 2.32. The van der Waals surface area contributed by atoms with E-state index in [-0.39, 0.29) is 5.97 Å². The van der Waals surface area contributed by atoms with Crippen LogP contribution < -0.4 is 5.73 Å². The predicted octanol–water partition coefficient (Wildman–Crippen LogP) is 4.97. The largest absolute Gasteiger partial charge is 0.465 e. The monoisotopic (exact) mass is 390 g/mol. The quantitative estimate of drug-likeness (QED) is 0.727. The third-order valence-corrected chi connectivity index (χ3v) is 6.00. The lowest BCUT2D eigenvalue weighted by atomic mass is 9.96. The molecule has 2 N–H and O–H groups in total. The summed E-state index contributed by atoms with van der Waals surface area (Å²) in [4.78, 5) is 16.1. The van der Waals surface area contributed by atoms with Crippen molar-refractivity contribution in [3.05, 3.63) is 41.3 Å². The molecule has 27 heavy (non-hydrogen) atoms. The smallest absolute Gasteiger partial charge is 0.337 e. The van der Waals surface area contributed by atoms with E-state index in [1.54, 1.807) is 12.1 Å². The van der Waals surface area contributed by atoms with Crippen LogP contribution in [0.25, 0.3) is 11.5 Å². The zero-order valence-corrected chi connectivity index (χ0v) is 17.5. The number of nitrogens with zero attached hydrogens (tertiary/aromatic N) is 1. The van der Waals surface area contributed by atoms with Gasteiger partial charge in [-0.25, -0.2) is 9.78 Å². The number of rotatable bonds is 5. The molecule has 1 heterocycles. The number of oxazole rings is 1. The van der Waals surface area contributed by atoms with E-state index in [4.69, 9.17) is 14.9 Å². The minimum Gasteiger partial charge on any atom is -0.465 e. The van der Waals surface area contributed by atoms with Crippen LogP contribution in [0.1, 0.15) is 61.3 Å². The molecule has 1 aromatic carbocycles. The van der Waals surface area contributed by atoms with E-state index in [9.17, 15) is 4.79 Å². The Hall–Kier alpha value is -1.79. The van der Waals surface area contributed by atoms with Gasteiger partial charge in [0.1, 0.15) is 5.76 Å². The van der Waals surface area contributed by atoms with Gasteiger partial charge in [0.25, 0.3) is 0 Å². The van der Waals surface area contributed by atoms with Gasteiger partial charge in [0, 0.05) is 22.6 Å². The second-order valence-corrected chi connectivity index (χ2v) is 7.73. The van der Waals surface area contributed by atoms with Gasteiger partial charge in [-0.15, -0.1) is 0 Å². The summed E-state index contributed by atoms with van der Waals surface area (Å²) in [5.41, 5.74) is 8.33. The number of carbonyl (C=O) groups is 1. The van der Waals surface area contributed by atoms with Gasteiger partial charge in [-0.05, 0) is 56.9 Å². The summed E-state index contributed by atoms with van der Waals surface area (Å²) in [6, 6.07) is 7.49. The van der Waals surface area contributed by atoms with Crippen molar-refractivity contribution < 1.29 is 13.9 Å². The maximum Gasteiger partial charge on any atom is 0.337 e. The minimum atomic E-state index is -0.348. The molecule has 5 nitrogen and oxygen atoms in total. The van der Waals surface area contributed by atoms with Crippen LogP contribution in [0, 0.1) is 6.92 Å². The molecule has 1 saturated carbocycles. The van der Waals surface area contributed by atoms with Gasteiger partial charge in [0.15, 0.2) is 0 Å². The molecule has 1 fully saturated rings. The molecule has 0 atom stereocenters. The van der Waals surface area contributed by atoms with Crippen molar-refractivity contribution in [2.45, 2.75) is 63.5 Å². The van der Waals surface area contributed by atoms with Crippen molar-refractivity contribution in [2.75, 3.05) is 7.11 Å². The lowest BCUT2D eigenvalue weighted by molar-refractivity contribution is 0.0600. The van der Waals surface area contributed by atoms with E-state index in [1.807, 2.05) is 44.7 Å². The summed E-state index contributed by atoms with van der Waals surface area (Å²) in [5.74, 6) is 1.96. The molecule has 1 aliphatic carbocycles. The molecule has 148 valence electrons. The summed E-state index contributed by atoms with van der Waals surface area (Å²) >= 11 is 1.95. The van der Waals surface area contributed by atoms with Crippen LogP contribution in [0.15, 0.2) is 28.7 Å². The van der Waals surface area contributed by atoms with Crippen LogP contribution in [0.2, 0.25) is 0 Å². The zero-order chi connectivity index (χ0) is 19.8. The number of aryl methyl sites for hydroxylation is 1. The number of thioether (sulfide) groups is 1. The number of hydrogen-bond acceptors (Lipinski definition) is 6. The number of benzene rings is 1. The SMILES string of the molecule is CC.COC(=O)c1ccc(-c2nc(CSC3CCC(N)CC3)c(C)o2)cc1. The predicted molar refractivity (Wildman–Crippen MR) is 111 cm³/mol. The molecule has 2 aromatic rings. The molecule has 0 unspecified atom stereocenters. The van der Waals surface area contributed by atoms with Crippen molar-refractivity contribution >= 4 is 17.7 Å². The number of ether oxygens (including phenoxy) is 1. The van der Waals surface area contributed by atoms with E-state index < -0.39 is 0 Å². The Bertz CT molecular complexity index is 720. The molecular weight excluding hydrogens is 360 g/mol. The molecular formula is C21H30N2O3S. The van der Waals surface area contributed by atoms with E-state index in [0.717, 1.165) is 35.6 Å². The second-order valence-electron chi connectivity index (χ2n) is 6.44. The minimum absolute atomic E-state index is 0.348. The first-order valence-corrected chi connectivity index (χ1v) is 10.6. The lowest BCUT2D eigenvalue weighted by Gasteiger charge is -2.25. The van der Waals surface area contributed by atoms with Crippen molar-refractivity contribution in [2.24, 2.45) is 5.73 Å². The van der Waals surface area contributed by atoms with Crippen molar-refractivity contribution in [3.63, 3.8) is 0 Å². The summed E-state index contributed by atoms with van der Waals surface area (Å²) in [5, 5.41) is 0.665. The molecule has 0 radical (unpaired) electrons. The van der Waals surface area contributed by atoms with Crippen LogP contribution in [0.5, 0.6) is 0 Å². The van der Waals surface area contributed by atoms with E-state index in [2.05, 4.69) is 4.98 Å². The number of aromatic nitrogens is 1. The average molecular weight is 391 g/mol. The second kappa shape index (κ2) is 10.5. The highest BCUT2D eigenvalue weighted by molar-refractivity contribution is 7.99. The third kappa shape index (κ3) is 5.84. The first-order chi connectivity index (χ1) is 13.1. The molecule has 1 aliphatic rings. The van der Waals surface area contributed by atoms with Crippen LogP contribution in [-0.2, 0) is 10.5 Å². The number of hydrogen-bond donors (Lipinski definition) is 1. The van der Waals surface area contributed by atoms with Gasteiger partial charge in [-0.3, -0.25) is 0 Å². The fraction of sp³-hybridized carbons (Fsp3) is 0.524. The molecule has 0 amide bonds. The molecule has 1 aromatic heterocycles. The number of methoxy groups -OCH3 is 1. The fourth-order valence-corrected chi connectivity index (χ4v) is 4.27. The first kappa shape index (κ1) is 21.5. The Labute approximate surface area is 166 Å². The highest BCUT2D eigenvalue weighted by atomic mass is 32.2. The van der Waals surface area contributed by atoms with Crippen LogP contribution in [0.4, 0.5) is 0 Å². The van der Waals surface area contributed by atoms with E-state index >= 15 is 0 Å². The van der Waals surface area contributed by atoms with E-state index in [1.165, 1.54) is 20.0 Å². The van der Waals surface area contributed by atoms with Crippen LogP contribution in [0.3, 0.4) is 0 Å². The van der Waals surface area contributed by atoms with Gasteiger partial charge < -0.3 is 14.9 Å². The number of nitrogens with two attached hydrogens (primary N) is 1.